The fourth-order valence-corrected chi connectivity index (χ4v) is 1.91. The number of nitrogens with zero attached hydrogens (tertiary/aromatic N) is 2. The SMILES string of the molecule is Cc1cc(-n2nc(C)c(Br)c2C)ccc1N. The zero-order valence-corrected chi connectivity index (χ0v) is 11.2. The molecule has 2 aromatic rings. The van der Waals surface area contributed by atoms with Crippen molar-refractivity contribution >= 4 is 21.6 Å². The van der Waals surface area contributed by atoms with Crippen molar-refractivity contribution in [2.24, 2.45) is 0 Å². The van der Waals surface area contributed by atoms with E-state index in [4.69, 9.17) is 5.73 Å². The second-order valence-electron chi connectivity index (χ2n) is 3.94. The van der Waals surface area contributed by atoms with Gasteiger partial charge in [-0.25, -0.2) is 4.68 Å². The molecule has 1 aromatic carbocycles. The van der Waals surface area contributed by atoms with Gasteiger partial charge >= 0.3 is 0 Å². The summed E-state index contributed by atoms with van der Waals surface area (Å²) < 4.78 is 2.98. The van der Waals surface area contributed by atoms with Crippen LogP contribution < -0.4 is 5.73 Å². The monoisotopic (exact) mass is 279 g/mol. The number of hydrogen-bond acceptors (Lipinski definition) is 2. The smallest absolute Gasteiger partial charge is 0.0743 e. The molecule has 0 aliphatic rings. The maximum absolute atomic E-state index is 5.80. The molecule has 1 heterocycles. The van der Waals surface area contributed by atoms with Gasteiger partial charge in [-0.2, -0.15) is 5.10 Å². The highest BCUT2D eigenvalue weighted by atomic mass is 79.9. The van der Waals surface area contributed by atoms with E-state index in [9.17, 15) is 0 Å². The third-order valence-corrected chi connectivity index (χ3v) is 3.85. The highest BCUT2D eigenvalue weighted by molar-refractivity contribution is 9.10. The van der Waals surface area contributed by atoms with Crippen molar-refractivity contribution in [2.45, 2.75) is 20.8 Å². The van der Waals surface area contributed by atoms with Gasteiger partial charge in [0.15, 0.2) is 0 Å². The van der Waals surface area contributed by atoms with E-state index in [0.717, 1.165) is 32.8 Å². The summed E-state index contributed by atoms with van der Waals surface area (Å²) in [5, 5.41) is 4.48. The van der Waals surface area contributed by atoms with E-state index in [0.29, 0.717) is 0 Å². The van der Waals surface area contributed by atoms with E-state index in [2.05, 4.69) is 21.0 Å². The predicted octanol–water partition coefficient (Wildman–Crippen LogP) is 3.14. The van der Waals surface area contributed by atoms with Crippen molar-refractivity contribution in [1.82, 2.24) is 9.78 Å². The second-order valence-corrected chi connectivity index (χ2v) is 4.73. The summed E-state index contributed by atoms with van der Waals surface area (Å²) >= 11 is 3.52. The van der Waals surface area contributed by atoms with Crippen LogP contribution in [0.2, 0.25) is 0 Å². The van der Waals surface area contributed by atoms with Crippen LogP contribution in [0.5, 0.6) is 0 Å². The average Bonchev–Trinajstić information content (AvgIpc) is 2.50. The number of hydrogen-bond donors (Lipinski definition) is 1. The van der Waals surface area contributed by atoms with Crippen LogP contribution >= 0.6 is 15.9 Å². The lowest BCUT2D eigenvalue weighted by atomic mass is 10.2. The van der Waals surface area contributed by atoms with Gasteiger partial charge in [0.1, 0.15) is 0 Å². The third-order valence-electron chi connectivity index (χ3n) is 2.70. The molecular formula is C12H14BrN3. The molecular weight excluding hydrogens is 266 g/mol. The van der Waals surface area contributed by atoms with Crippen LogP contribution in [0.3, 0.4) is 0 Å². The van der Waals surface area contributed by atoms with Gasteiger partial charge in [-0.05, 0) is 60.5 Å². The summed E-state index contributed by atoms with van der Waals surface area (Å²) in [4.78, 5) is 0. The predicted molar refractivity (Wildman–Crippen MR) is 69.9 cm³/mol. The number of anilines is 1. The summed E-state index contributed by atoms with van der Waals surface area (Å²) in [5.41, 5.74) is 10.8. The molecule has 0 saturated carbocycles. The van der Waals surface area contributed by atoms with Crippen molar-refractivity contribution < 1.29 is 0 Å². The first-order valence-corrected chi connectivity index (χ1v) is 5.88. The summed E-state index contributed by atoms with van der Waals surface area (Å²) in [7, 11) is 0. The maximum atomic E-state index is 5.80. The molecule has 0 atom stereocenters. The Balaban J connectivity index is 2.59. The van der Waals surface area contributed by atoms with E-state index in [-0.39, 0.29) is 0 Å². The number of halogens is 1. The molecule has 84 valence electrons. The summed E-state index contributed by atoms with van der Waals surface area (Å²) in [6.07, 6.45) is 0. The fraction of sp³-hybridized carbons (Fsp3) is 0.250. The van der Waals surface area contributed by atoms with Crippen LogP contribution in [-0.4, -0.2) is 9.78 Å². The van der Waals surface area contributed by atoms with Gasteiger partial charge in [-0.3, -0.25) is 0 Å². The van der Waals surface area contributed by atoms with Gasteiger partial charge in [0.05, 0.1) is 21.5 Å². The van der Waals surface area contributed by atoms with Crippen LogP contribution in [0.15, 0.2) is 22.7 Å². The van der Waals surface area contributed by atoms with Crippen LogP contribution in [0.1, 0.15) is 17.0 Å². The van der Waals surface area contributed by atoms with Gasteiger partial charge in [0.2, 0.25) is 0 Å². The molecule has 0 aliphatic heterocycles. The van der Waals surface area contributed by atoms with Crippen molar-refractivity contribution in [1.29, 1.82) is 0 Å². The van der Waals surface area contributed by atoms with E-state index in [1.165, 1.54) is 0 Å². The zero-order chi connectivity index (χ0) is 11.9. The van der Waals surface area contributed by atoms with E-state index >= 15 is 0 Å². The Kier molecular flexibility index (Phi) is 2.76. The van der Waals surface area contributed by atoms with Gasteiger partial charge in [-0.15, -0.1) is 0 Å². The van der Waals surface area contributed by atoms with Crippen molar-refractivity contribution in [3.8, 4) is 5.69 Å². The minimum absolute atomic E-state index is 0.810. The Morgan fingerprint density at radius 2 is 1.94 bits per heavy atom. The average molecular weight is 280 g/mol. The molecule has 4 heteroatoms. The largest absolute Gasteiger partial charge is 0.399 e. The van der Waals surface area contributed by atoms with E-state index in [1.807, 2.05) is 43.7 Å². The molecule has 0 saturated heterocycles. The molecule has 0 fully saturated rings. The van der Waals surface area contributed by atoms with Crippen LogP contribution in [0.25, 0.3) is 5.69 Å². The number of aromatic nitrogens is 2. The highest BCUT2D eigenvalue weighted by Gasteiger charge is 2.10. The Labute approximate surface area is 103 Å². The topological polar surface area (TPSA) is 43.8 Å². The quantitative estimate of drug-likeness (QED) is 0.815. The number of nitrogens with two attached hydrogens (primary N) is 1. The van der Waals surface area contributed by atoms with E-state index in [1.54, 1.807) is 0 Å². The standard InChI is InChI=1S/C12H14BrN3/c1-7-6-10(4-5-11(7)14)16-9(3)12(13)8(2)15-16/h4-6H,14H2,1-3H3. The molecule has 0 radical (unpaired) electrons. The molecule has 0 amide bonds. The molecule has 2 rings (SSSR count). The minimum Gasteiger partial charge on any atom is -0.399 e. The molecule has 2 N–H and O–H groups in total. The van der Waals surface area contributed by atoms with Crippen LogP contribution in [0, 0.1) is 20.8 Å². The van der Waals surface area contributed by atoms with Crippen LogP contribution in [-0.2, 0) is 0 Å². The summed E-state index contributed by atoms with van der Waals surface area (Å²) in [5.74, 6) is 0. The Bertz CT molecular complexity index is 543. The maximum Gasteiger partial charge on any atom is 0.0743 e. The Morgan fingerprint density at radius 1 is 1.25 bits per heavy atom. The summed E-state index contributed by atoms with van der Waals surface area (Å²) in [6.45, 7) is 6.02. The van der Waals surface area contributed by atoms with Gasteiger partial charge < -0.3 is 5.73 Å². The van der Waals surface area contributed by atoms with E-state index < -0.39 is 0 Å². The van der Waals surface area contributed by atoms with Crippen LogP contribution in [0.4, 0.5) is 5.69 Å². The fourth-order valence-electron chi connectivity index (χ4n) is 1.67. The molecule has 0 aliphatic carbocycles. The van der Waals surface area contributed by atoms with Gasteiger partial charge in [0.25, 0.3) is 0 Å². The Hall–Kier alpha value is -1.29. The number of rotatable bonds is 1. The first-order chi connectivity index (χ1) is 7.50. The molecule has 0 unspecified atom stereocenters. The minimum atomic E-state index is 0.810. The Morgan fingerprint density at radius 3 is 2.44 bits per heavy atom. The molecule has 0 spiro atoms. The highest BCUT2D eigenvalue weighted by Crippen LogP contribution is 2.24. The van der Waals surface area contributed by atoms with Crippen molar-refractivity contribution in [2.75, 3.05) is 5.73 Å². The molecule has 16 heavy (non-hydrogen) atoms. The van der Waals surface area contributed by atoms with Crippen molar-refractivity contribution in [3.63, 3.8) is 0 Å². The van der Waals surface area contributed by atoms with Gasteiger partial charge in [-0.1, -0.05) is 0 Å². The lowest BCUT2D eigenvalue weighted by Gasteiger charge is -2.07. The number of benzene rings is 1. The lowest BCUT2D eigenvalue weighted by molar-refractivity contribution is 0.832. The third kappa shape index (κ3) is 1.73. The van der Waals surface area contributed by atoms with Gasteiger partial charge in [0, 0.05) is 5.69 Å². The second kappa shape index (κ2) is 3.94. The first kappa shape index (κ1) is 11.2. The number of nitrogen functional groups attached to an aromatic ring is 1. The van der Waals surface area contributed by atoms with Crippen molar-refractivity contribution in [3.05, 3.63) is 39.6 Å². The zero-order valence-electron chi connectivity index (χ0n) is 9.58. The molecule has 1 aromatic heterocycles. The normalized spacial score (nSPS) is 10.8. The summed E-state index contributed by atoms with van der Waals surface area (Å²) in [6, 6.07) is 5.93. The lowest BCUT2D eigenvalue weighted by Crippen LogP contribution is -2.00. The molecule has 0 bridgehead atoms. The first-order valence-electron chi connectivity index (χ1n) is 5.09. The molecule has 3 nitrogen and oxygen atoms in total. The number of aryl methyl sites for hydroxylation is 2.